The predicted molar refractivity (Wildman–Crippen MR) is 75.8 cm³/mol. The number of hydrogen-bond donors (Lipinski definition) is 1. The summed E-state index contributed by atoms with van der Waals surface area (Å²) in [5, 5.41) is 0. The summed E-state index contributed by atoms with van der Waals surface area (Å²) in [6.07, 6.45) is 0. The van der Waals surface area contributed by atoms with E-state index >= 15 is 0 Å². The van der Waals surface area contributed by atoms with E-state index in [-0.39, 0.29) is 0 Å². The maximum absolute atomic E-state index is 5.84. The molecule has 2 rings (SSSR count). The molecule has 0 radical (unpaired) electrons. The molecule has 0 saturated heterocycles. The molecule has 0 unspecified atom stereocenters. The van der Waals surface area contributed by atoms with Crippen molar-refractivity contribution in [2.45, 2.75) is 20.4 Å². The Bertz CT molecular complexity index is 561. The van der Waals surface area contributed by atoms with Crippen LogP contribution >= 0.6 is 0 Å². The third kappa shape index (κ3) is 2.39. The van der Waals surface area contributed by atoms with Crippen LogP contribution in [0.15, 0.2) is 36.4 Å². The Labute approximate surface area is 108 Å². The van der Waals surface area contributed by atoms with Crippen LogP contribution in [0.2, 0.25) is 0 Å². The lowest BCUT2D eigenvalue weighted by atomic mass is 9.94. The second-order valence-corrected chi connectivity index (χ2v) is 4.55. The highest BCUT2D eigenvalue weighted by Gasteiger charge is 2.08. The molecule has 0 aliphatic carbocycles. The minimum absolute atomic E-state index is 0.514. The van der Waals surface area contributed by atoms with Crippen LogP contribution in [0, 0.1) is 13.8 Å². The van der Waals surface area contributed by atoms with Crippen LogP contribution in [-0.2, 0) is 6.54 Å². The highest BCUT2D eigenvalue weighted by molar-refractivity contribution is 5.72. The van der Waals surface area contributed by atoms with E-state index in [4.69, 9.17) is 10.5 Å². The molecule has 0 bridgehead atoms. The third-order valence-corrected chi connectivity index (χ3v) is 3.22. The Morgan fingerprint density at radius 2 is 1.78 bits per heavy atom. The summed E-state index contributed by atoms with van der Waals surface area (Å²) in [6.45, 7) is 4.74. The molecule has 2 heteroatoms. The standard InChI is InChI=1S/C16H19NO/c1-11-4-5-12(2)16(8-11)15-7-6-14(18-3)9-13(15)10-17/h4-9H,10,17H2,1-3H3. The molecular weight excluding hydrogens is 222 g/mol. The van der Waals surface area contributed by atoms with E-state index in [9.17, 15) is 0 Å². The number of nitrogens with two attached hydrogens (primary N) is 1. The zero-order chi connectivity index (χ0) is 13.1. The largest absolute Gasteiger partial charge is 0.497 e. The molecule has 0 spiro atoms. The molecule has 0 heterocycles. The van der Waals surface area contributed by atoms with Gasteiger partial charge >= 0.3 is 0 Å². The molecule has 18 heavy (non-hydrogen) atoms. The van der Waals surface area contributed by atoms with Gasteiger partial charge in [-0.15, -0.1) is 0 Å². The van der Waals surface area contributed by atoms with Gasteiger partial charge in [0.1, 0.15) is 5.75 Å². The Morgan fingerprint density at radius 1 is 1.00 bits per heavy atom. The van der Waals surface area contributed by atoms with Gasteiger partial charge in [-0.1, -0.05) is 29.8 Å². The van der Waals surface area contributed by atoms with Crippen LogP contribution in [-0.4, -0.2) is 7.11 Å². The first-order valence-electron chi connectivity index (χ1n) is 6.10. The second kappa shape index (κ2) is 5.23. The average molecular weight is 241 g/mol. The molecular formula is C16H19NO. The van der Waals surface area contributed by atoms with Crippen molar-refractivity contribution in [3.05, 3.63) is 53.1 Å². The van der Waals surface area contributed by atoms with Gasteiger partial charge in [0.25, 0.3) is 0 Å². The van der Waals surface area contributed by atoms with Crippen LogP contribution in [0.4, 0.5) is 0 Å². The van der Waals surface area contributed by atoms with E-state index < -0.39 is 0 Å². The van der Waals surface area contributed by atoms with Crippen LogP contribution in [0.1, 0.15) is 16.7 Å². The molecule has 2 aromatic carbocycles. The summed E-state index contributed by atoms with van der Waals surface area (Å²) in [5.74, 6) is 0.851. The van der Waals surface area contributed by atoms with Gasteiger partial charge in [-0.3, -0.25) is 0 Å². The second-order valence-electron chi connectivity index (χ2n) is 4.55. The van der Waals surface area contributed by atoms with Crippen molar-refractivity contribution in [1.82, 2.24) is 0 Å². The summed E-state index contributed by atoms with van der Waals surface area (Å²) >= 11 is 0. The van der Waals surface area contributed by atoms with Gasteiger partial charge in [-0.2, -0.15) is 0 Å². The van der Waals surface area contributed by atoms with Crippen molar-refractivity contribution < 1.29 is 4.74 Å². The molecule has 2 N–H and O–H groups in total. The van der Waals surface area contributed by atoms with Crippen LogP contribution in [0.3, 0.4) is 0 Å². The summed E-state index contributed by atoms with van der Waals surface area (Å²) in [4.78, 5) is 0. The van der Waals surface area contributed by atoms with E-state index in [0.29, 0.717) is 6.54 Å². The quantitative estimate of drug-likeness (QED) is 0.893. The number of ether oxygens (including phenoxy) is 1. The van der Waals surface area contributed by atoms with Gasteiger partial charge in [-0.05, 0) is 48.2 Å². The fourth-order valence-electron chi connectivity index (χ4n) is 2.15. The monoisotopic (exact) mass is 241 g/mol. The SMILES string of the molecule is COc1ccc(-c2cc(C)ccc2C)c(CN)c1. The van der Waals surface area contributed by atoms with Crippen molar-refractivity contribution in [2.75, 3.05) is 7.11 Å². The van der Waals surface area contributed by atoms with Crippen molar-refractivity contribution in [2.24, 2.45) is 5.73 Å². The van der Waals surface area contributed by atoms with Crippen LogP contribution in [0.5, 0.6) is 5.75 Å². The summed E-state index contributed by atoms with van der Waals surface area (Å²) in [7, 11) is 1.67. The fourth-order valence-corrected chi connectivity index (χ4v) is 2.15. The third-order valence-electron chi connectivity index (χ3n) is 3.22. The van der Waals surface area contributed by atoms with Gasteiger partial charge in [0, 0.05) is 6.54 Å². The van der Waals surface area contributed by atoms with Gasteiger partial charge in [0.15, 0.2) is 0 Å². The van der Waals surface area contributed by atoms with E-state index in [1.165, 1.54) is 22.3 Å². The molecule has 0 atom stereocenters. The molecule has 94 valence electrons. The maximum atomic E-state index is 5.84. The van der Waals surface area contributed by atoms with E-state index in [0.717, 1.165) is 11.3 Å². The molecule has 0 aliphatic heterocycles. The first-order valence-corrected chi connectivity index (χ1v) is 6.10. The van der Waals surface area contributed by atoms with Gasteiger partial charge in [-0.25, -0.2) is 0 Å². The molecule has 0 fully saturated rings. The normalized spacial score (nSPS) is 10.4. The lowest BCUT2D eigenvalue weighted by Gasteiger charge is -2.13. The summed E-state index contributed by atoms with van der Waals surface area (Å²) in [6, 6.07) is 12.6. The Balaban J connectivity index is 2.59. The molecule has 2 aromatic rings. The molecule has 0 saturated carbocycles. The zero-order valence-corrected chi connectivity index (χ0v) is 11.2. The Hall–Kier alpha value is -1.80. The molecule has 0 aromatic heterocycles. The van der Waals surface area contributed by atoms with E-state index in [1.807, 2.05) is 12.1 Å². The molecule has 0 aliphatic rings. The minimum atomic E-state index is 0.514. The fraction of sp³-hybridized carbons (Fsp3) is 0.250. The number of benzene rings is 2. The van der Waals surface area contributed by atoms with Gasteiger partial charge < -0.3 is 10.5 Å². The zero-order valence-electron chi connectivity index (χ0n) is 11.2. The average Bonchev–Trinajstić information content (AvgIpc) is 2.41. The number of rotatable bonds is 3. The smallest absolute Gasteiger partial charge is 0.119 e. The van der Waals surface area contributed by atoms with Crippen molar-refractivity contribution in [3.8, 4) is 16.9 Å². The first kappa shape index (κ1) is 12.7. The molecule has 2 nitrogen and oxygen atoms in total. The Kier molecular flexibility index (Phi) is 3.68. The first-order chi connectivity index (χ1) is 8.65. The van der Waals surface area contributed by atoms with Crippen molar-refractivity contribution in [1.29, 1.82) is 0 Å². The lowest BCUT2D eigenvalue weighted by molar-refractivity contribution is 0.414. The maximum Gasteiger partial charge on any atom is 0.119 e. The topological polar surface area (TPSA) is 35.2 Å². The highest BCUT2D eigenvalue weighted by atomic mass is 16.5. The van der Waals surface area contributed by atoms with Crippen LogP contribution < -0.4 is 10.5 Å². The summed E-state index contributed by atoms with van der Waals surface area (Å²) in [5.41, 5.74) is 11.9. The number of aryl methyl sites for hydroxylation is 2. The number of methoxy groups -OCH3 is 1. The molecule has 0 amide bonds. The van der Waals surface area contributed by atoms with E-state index in [1.54, 1.807) is 7.11 Å². The van der Waals surface area contributed by atoms with Gasteiger partial charge in [0.05, 0.1) is 7.11 Å². The minimum Gasteiger partial charge on any atom is -0.497 e. The predicted octanol–water partition coefficient (Wildman–Crippen LogP) is 3.44. The van der Waals surface area contributed by atoms with Crippen molar-refractivity contribution >= 4 is 0 Å². The van der Waals surface area contributed by atoms with E-state index in [2.05, 4.69) is 38.1 Å². The lowest BCUT2D eigenvalue weighted by Crippen LogP contribution is -2.00. The van der Waals surface area contributed by atoms with Crippen LogP contribution in [0.25, 0.3) is 11.1 Å². The highest BCUT2D eigenvalue weighted by Crippen LogP contribution is 2.30. The number of hydrogen-bond acceptors (Lipinski definition) is 2. The van der Waals surface area contributed by atoms with Gasteiger partial charge in [0.2, 0.25) is 0 Å². The van der Waals surface area contributed by atoms with Crippen molar-refractivity contribution in [3.63, 3.8) is 0 Å². The Morgan fingerprint density at radius 3 is 2.44 bits per heavy atom. The summed E-state index contributed by atoms with van der Waals surface area (Å²) < 4.78 is 5.25.